The van der Waals surface area contributed by atoms with E-state index in [-0.39, 0.29) is 11.3 Å². The Morgan fingerprint density at radius 1 is 1.08 bits per heavy atom. The summed E-state index contributed by atoms with van der Waals surface area (Å²) >= 11 is 0. The van der Waals surface area contributed by atoms with Gasteiger partial charge in [-0.2, -0.15) is 18.3 Å². The molecule has 0 radical (unpaired) electrons. The maximum absolute atomic E-state index is 13.6. The molecule has 0 fully saturated rings. The number of nitrogens with zero attached hydrogens (tertiary/aromatic N) is 5. The Labute approximate surface area is 225 Å². The van der Waals surface area contributed by atoms with Crippen LogP contribution >= 0.6 is 0 Å². The van der Waals surface area contributed by atoms with Crippen LogP contribution in [0.25, 0.3) is 5.70 Å². The SMILES string of the molecule is Cc1ccc(NC(=O)c2cc(NCCN(C)C)cc(C(F)(F)F)c2)cc1N1C=C(c2cnn(C)c2C)N(C)N1. The van der Waals surface area contributed by atoms with Gasteiger partial charge in [0.2, 0.25) is 0 Å². The monoisotopic (exact) mass is 542 g/mol. The summed E-state index contributed by atoms with van der Waals surface area (Å²) in [5.41, 5.74) is 7.54. The Hall–Kier alpha value is -4.03. The molecule has 0 unspecified atom stereocenters. The molecule has 2 heterocycles. The van der Waals surface area contributed by atoms with Crippen molar-refractivity contribution in [1.82, 2.24) is 25.2 Å². The summed E-state index contributed by atoms with van der Waals surface area (Å²) in [6, 6.07) is 8.64. The van der Waals surface area contributed by atoms with Gasteiger partial charge in [0.05, 0.1) is 23.1 Å². The molecular weight excluding hydrogens is 509 g/mol. The number of alkyl halides is 3. The second-order valence-corrected chi connectivity index (χ2v) is 9.79. The van der Waals surface area contributed by atoms with E-state index < -0.39 is 17.6 Å². The molecule has 0 saturated carbocycles. The number of hydrogen-bond acceptors (Lipinski definition) is 7. The Bertz CT molecular complexity index is 1400. The Kier molecular flexibility index (Phi) is 7.89. The lowest BCUT2D eigenvalue weighted by molar-refractivity contribution is -0.137. The summed E-state index contributed by atoms with van der Waals surface area (Å²) in [7, 11) is 7.50. The molecule has 0 aliphatic carbocycles. The van der Waals surface area contributed by atoms with Gasteiger partial charge in [-0.15, -0.1) is 5.53 Å². The molecule has 1 aliphatic rings. The number of amides is 1. The average molecular weight is 543 g/mol. The first-order valence-electron chi connectivity index (χ1n) is 12.4. The number of hydrogen-bond donors (Lipinski definition) is 3. The molecule has 0 saturated heterocycles. The number of carbonyl (C=O) groups is 1. The number of likely N-dealkylation sites (N-methyl/N-ethyl adjacent to an activating group) is 1. The van der Waals surface area contributed by atoms with Crippen molar-refractivity contribution in [2.45, 2.75) is 20.0 Å². The lowest BCUT2D eigenvalue weighted by Crippen LogP contribution is -2.38. The van der Waals surface area contributed by atoms with E-state index in [2.05, 4.69) is 21.3 Å². The molecule has 208 valence electrons. The second kappa shape index (κ2) is 11.0. The fourth-order valence-electron chi connectivity index (χ4n) is 4.18. The van der Waals surface area contributed by atoms with Gasteiger partial charge >= 0.3 is 6.18 Å². The molecule has 3 aromatic rings. The van der Waals surface area contributed by atoms with Crippen LogP contribution in [0.5, 0.6) is 0 Å². The first kappa shape index (κ1) is 28.0. The van der Waals surface area contributed by atoms with Crippen molar-refractivity contribution in [3.63, 3.8) is 0 Å². The maximum atomic E-state index is 13.6. The molecule has 4 rings (SSSR count). The summed E-state index contributed by atoms with van der Waals surface area (Å²) in [5, 5.41) is 13.7. The number of anilines is 3. The van der Waals surface area contributed by atoms with Crippen molar-refractivity contribution in [3.8, 4) is 0 Å². The molecule has 1 aliphatic heterocycles. The van der Waals surface area contributed by atoms with Crippen LogP contribution < -0.4 is 21.2 Å². The van der Waals surface area contributed by atoms with Gasteiger partial charge in [-0.05, 0) is 63.8 Å². The molecule has 1 aromatic heterocycles. The lowest BCUT2D eigenvalue weighted by atomic mass is 10.1. The summed E-state index contributed by atoms with van der Waals surface area (Å²) < 4.78 is 42.5. The zero-order valence-corrected chi connectivity index (χ0v) is 22.8. The molecular formula is C27H33F3N8O. The number of benzene rings is 2. The van der Waals surface area contributed by atoms with Gasteiger partial charge in [-0.25, -0.2) is 0 Å². The van der Waals surface area contributed by atoms with Crippen molar-refractivity contribution in [3.05, 3.63) is 76.7 Å². The van der Waals surface area contributed by atoms with Crippen LogP contribution in [0.1, 0.15) is 32.7 Å². The van der Waals surface area contributed by atoms with E-state index in [9.17, 15) is 18.0 Å². The largest absolute Gasteiger partial charge is 0.416 e. The van der Waals surface area contributed by atoms with E-state index in [1.165, 1.54) is 6.07 Å². The van der Waals surface area contributed by atoms with Crippen LogP contribution in [-0.4, -0.2) is 59.8 Å². The molecule has 12 heteroatoms. The normalized spacial score (nSPS) is 13.7. The van der Waals surface area contributed by atoms with E-state index in [1.807, 2.05) is 69.2 Å². The number of hydrazine groups is 2. The molecule has 0 spiro atoms. The highest BCUT2D eigenvalue weighted by Crippen LogP contribution is 2.33. The molecule has 2 aromatic carbocycles. The van der Waals surface area contributed by atoms with Crippen LogP contribution in [0.4, 0.5) is 30.2 Å². The molecule has 9 nitrogen and oxygen atoms in total. The van der Waals surface area contributed by atoms with Gasteiger partial charge in [0, 0.05) is 61.6 Å². The summed E-state index contributed by atoms with van der Waals surface area (Å²) in [5.74, 6) is -0.639. The van der Waals surface area contributed by atoms with Gasteiger partial charge < -0.3 is 15.5 Å². The zero-order valence-electron chi connectivity index (χ0n) is 22.8. The van der Waals surface area contributed by atoms with Crippen molar-refractivity contribution in [2.75, 3.05) is 49.9 Å². The first-order valence-corrected chi connectivity index (χ1v) is 12.4. The average Bonchev–Trinajstić information content (AvgIpc) is 3.40. The molecule has 1 amide bonds. The highest BCUT2D eigenvalue weighted by atomic mass is 19.4. The highest BCUT2D eigenvalue weighted by Gasteiger charge is 2.32. The van der Waals surface area contributed by atoms with Gasteiger partial charge in [-0.1, -0.05) is 6.07 Å². The Morgan fingerprint density at radius 3 is 2.46 bits per heavy atom. The third-order valence-corrected chi connectivity index (χ3v) is 6.52. The third-order valence-electron chi connectivity index (χ3n) is 6.52. The Morgan fingerprint density at radius 2 is 1.82 bits per heavy atom. The smallest absolute Gasteiger partial charge is 0.384 e. The van der Waals surface area contributed by atoms with Gasteiger partial charge in [0.25, 0.3) is 5.91 Å². The second-order valence-electron chi connectivity index (χ2n) is 9.79. The van der Waals surface area contributed by atoms with Gasteiger partial charge in [0.15, 0.2) is 0 Å². The summed E-state index contributed by atoms with van der Waals surface area (Å²) in [4.78, 5) is 15.0. The van der Waals surface area contributed by atoms with Gasteiger partial charge in [-0.3, -0.25) is 19.5 Å². The summed E-state index contributed by atoms with van der Waals surface area (Å²) in [6.07, 6.45) is -0.864. The standard InChI is InChI=1S/C27H33F3N8O/c1-17-7-8-21(14-24(17)38-16-25(37(6)34-38)23-15-32-36(5)18(23)2)33-26(39)19-11-20(27(28,29)30)13-22(12-19)31-9-10-35(3)4/h7-8,11-16,31,34H,9-10H2,1-6H3,(H,33,39). The number of aromatic nitrogens is 2. The zero-order chi connectivity index (χ0) is 28.5. The molecule has 39 heavy (non-hydrogen) atoms. The molecule has 0 atom stereocenters. The number of aryl methyl sites for hydroxylation is 2. The minimum Gasteiger partial charge on any atom is -0.384 e. The van der Waals surface area contributed by atoms with Crippen LogP contribution in [-0.2, 0) is 13.2 Å². The minimum absolute atomic E-state index is 0.0902. The lowest BCUT2D eigenvalue weighted by Gasteiger charge is -2.23. The fourth-order valence-corrected chi connectivity index (χ4v) is 4.18. The predicted molar refractivity (Wildman–Crippen MR) is 147 cm³/mol. The quantitative estimate of drug-likeness (QED) is 0.388. The van der Waals surface area contributed by atoms with Crippen molar-refractivity contribution < 1.29 is 18.0 Å². The van der Waals surface area contributed by atoms with Crippen LogP contribution in [0, 0.1) is 13.8 Å². The van der Waals surface area contributed by atoms with Crippen LogP contribution in [0.15, 0.2) is 48.8 Å². The van der Waals surface area contributed by atoms with Crippen molar-refractivity contribution in [1.29, 1.82) is 0 Å². The van der Waals surface area contributed by atoms with Crippen molar-refractivity contribution >= 4 is 28.7 Å². The topological polar surface area (TPSA) is 80.7 Å². The number of halogens is 3. The number of carbonyl (C=O) groups excluding carboxylic acids is 1. The van der Waals surface area contributed by atoms with E-state index in [4.69, 9.17) is 0 Å². The minimum atomic E-state index is -4.59. The first-order chi connectivity index (χ1) is 18.3. The fraction of sp³-hybridized carbons (Fsp3) is 0.333. The number of rotatable bonds is 8. The van der Waals surface area contributed by atoms with Crippen LogP contribution in [0.3, 0.4) is 0 Å². The van der Waals surface area contributed by atoms with E-state index in [1.54, 1.807) is 23.0 Å². The van der Waals surface area contributed by atoms with E-state index >= 15 is 0 Å². The highest BCUT2D eigenvalue weighted by molar-refractivity contribution is 6.05. The maximum Gasteiger partial charge on any atom is 0.416 e. The van der Waals surface area contributed by atoms with E-state index in [0.717, 1.165) is 40.3 Å². The summed E-state index contributed by atoms with van der Waals surface area (Å²) in [6.45, 7) is 4.97. The molecule has 0 bridgehead atoms. The van der Waals surface area contributed by atoms with Crippen LogP contribution in [0.2, 0.25) is 0 Å². The molecule has 3 N–H and O–H groups in total. The van der Waals surface area contributed by atoms with E-state index in [0.29, 0.717) is 18.8 Å². The predicted octanol–water partition coefficient (Wildman–Crippen LogP) is 4.45. The van der Waals surface area contributed by atoms with Crippen molar-refractivity contribution in [2.24, 2.45) is 7.05 Å². The number of nitrogens with one attached hydrogen (secondary N) is 3. The van der Waals surface area contributed by atoms with Gasteiger partial charge in [0.1, 0.15) is 0 Å². The third kappa shape index (κ3) is 6.35. The Balaban J connectivity index is 1.58.